The van der Waals surface area contributed by atoms with E-state index in [-0.39, 0.29) is 11.9 Å². The fourth-order valence-corrected chi connectivity index (χ4v) is 1.76. The van der Waals surface area contributed by atoms with Crippen molar-refractivity contribution in [3.05, 3.63) is 16.6 Å². The van der Waals surface area contributed by atoms with Crippen LogP contribution in [0.25, 0.3) is 0 Å². The lowest BCUT2D eigenvalue weighted by atomic mass is 10.1. The molecule has 0 saturated heterocycles. The molecular formula is C10H17N3OS. The molecule has 1 aromatic heterocycles. The van der Waals surface area contributed by atoms with Crippen molar-refractivity contribution in [3.63, 3.8) is 0 Å². The van der Waals surface area contributed by atoms with Gasteiger partial charge in [-0.3, -0.25) is 4.79 Å². The van der Waals surface area contributed by atoms with Gasteiger partial charge in [0.2, 0.25) is 5.91 Å². The smallest absolute Gasteiger partial charge is 0.221 e. The van der Waals surface area contributed by atoms with Crippen molar-refractivity contribution in [1.82, 2.24) is 10.3 Å². The van der Waals surface area contributed by atoms with Crippen molar-refractivity contribution in [3.8, 4) is 0 Å². The number of carbonyl (C=O) groups is 1. The Labute approximate surface area is 93.9 Å². The van der Waals surface area contributed by atoms with Crippen molar-refractivity contribution in [2.24, 2.45) is 5.73 Å². The largest absolute Gasteiger partial charge is 0.356 e. The van der Waals surface area contributed by atoms with Crippen molar-refractivity contribution in [2.45, 2.75) is 32.2 Å². The molecule has 1 heterocycles. The van der Waals surface area contributed by atoms with Crippen LogP contribution in [-0.4, -0.2) is 23.5 Å². The fraction of sp³-hybridized carbons (Fsp3) is 0.600. The SMILES string of the molecule is CCC(N)CC(=O)NCCc1nccs1. The van der Waals surface area contributed by atoms with Gasteiger partial charge in [-0.1, -0.05) is 6.92 Å². The maximum absolute atomic E-state index is 11.3. The number of thiazole rings is 1. The highest BCUT2D eigenvalue weighted by molar-refractivity contribution is 7.09. The number of amides is 1. The van der Waals surface area contributed by atoms with Gasteiger partial charge in [-0.2, -0.15) is 0 Å². The summed E-state index contributed by atoms with van der Waals surface area (Å²) in [5.74, 6) is 0.0286. The Morgan fingerprint density at radius 1 is 1.73 bits per heavy atom. The number of nitrogens with zero attached hydrogens (tertiary/aromatic N) is 1. The van der Waals surface area contributed by atoms with Gasteiger partial charge in [0, 0.05) is 37.0 Å². The number of nitrogens with one attached hydrogen (secondary N) is 1. The lowest BCUT2D eigenvalue weighted by Crippen LogP contribution is -2.32. The second kappa shape index (κ2) is 6.53. The Kier molecular flexibility index (Phi) is 5.28. The minimum atomic E-state index is -0.0233. The first-order valence-corrected chi connectivity index (χ1v) is 6.01. The van der Waals surface area contributed by atoms with Crippen molar-refractivity contribution in [1.29, 1.82) is 0 Å². The van der Waals surface area contributed by atoms with E-state index in [4.69, 9.17) is 5.73 Å². The average molecular weight is 227 g/mol. The Bertz CT molecular complexity index is 287. The van der Waals surface area contributed by atoms with E-state index in [1.54, 1.807) is 17.5 Å². The highest BCUT2D eigenvalue weighted by atomic mass is 32.1. The van der Waals surface area contributed by atoms with E-state index in [1.165, 1.54) is 0 Å². The maximum Gasteiger partial charge on any atom is 0.221 e. The zero-order valence-corrected chi connectivity index (χ0v) is 9.72. The molecule has 0 radical (unpaired) electrons. The first kappa shape index (κ1) is 12.1. The first-order valence-electron chi connectivity index (χ1n) is 5.13. The van der Waals surface area contributed by atoms with Gasteiger partial charge in [-0.15, -0.1) is 11.3 Å². The predicted octanol–water partition coefficient (Wildman–Crippen LogP) is 0.929. The molecule has 0 aromatic carbocycles. The molecule has 0 aliphatic heterocycles. The molecular weight excluding hydrogens is 210 g/mol. The number of hydrogen-bond donors (Lipinski definition) is 2. The van der Waals surface area contributed by atoms with Gasteiger partial charge in [0.05, 0.1) is 5.01 Å². The summed E-state index contributed by atoms with van der Waals surface area (Å²) < 4.78 is 0. The molecule has 4 nitrogen and oxygen atoms in total. The van der Waals surface area contributed by atoms with Crippen molar-refractivity contribution < 1.29 is 4.79 Å². The second-order valence-corrected chi connectivity index (χ2v) is 4.38. The summed E-state index contributed by atoms with van der Waals surface area (Å²) in [5, 5.41) is 5.82. The lowest BCUT2D eigenvalue weighted by molar-refractivity contribution is -0.121. The van der Waals surface area contributed by atoms with E-state index in [2.05, 4.69) is 10.3 Å². The molecule has 1 atom stereocenters. The predicted molar refractivity (Wildman–Crippen MR) is 61.7 cm³/mol. The summed E-state index contributed by atoms with van der Waals surface area (Å²) in [6.45, 7) is 2.62. The monoisotopic (exact) mass is 227 g/mol. The highest BCUT2D eigenvalue weighted by Crippen LogP contribution is 2.03. The van der Waals surface area contributed by atoms with Crippen LogP contribution in [0.5, 0.6) is 0 Å². The van der Waals surface area contributed by atoms with Crippen LogP contribution in [0.2, 0.25) is 0 Å². The average Bonchev–Trinajstić information content (AvgIpc) is 2.70. The Morgan fingerprint density at radius 2 is 2.53 bits per heavy atom. The molecule has 0 bridgehead atoms. The van der Waals surface area contributed by atoms with Gasteiger partial charge in [-0.05, 0) is 6.42 Å². The molecule has 0 fully saturated rings. The topological polar surface area (TPSA) is 68.0 Å². The first-order chi connectivity index (χ1) is 7.22. The quantitative estimate of drug-likeness (QED) is 0.759. The summed E-state index contributed by atoms with van der Waals surface area (Å²) in [4.78, 5) is 15.5. The molecule has 3 N–H and O–H groups in total. The molecule has 1 aromatic rings. The second-order valence-electron chi connectivity index (χ2n) is 3.40. The van der Waals surface area contributed by atoms with Gasteiger partial charge in [-0.25, -0.2) is 4.98 Å². The van der Waals surface area contributed by atoms with E-state index in [9.17, 15) is 4.79 Å². The molecule has 1 unspecified atom stereocenters. The molecule has 1 amide bonds. The zero-order valence-electron chi connectivity index (χ0n) is 8.90. The maximum atomic E-state index is 11.3. The van der Waals surface area contributed by atoms with Crippen LogP contribution in [0, 0.1) is 0 Å². The molecule has 0 aliphatic rings. The molecule has 84 valence electrons. The van der Waals surface area contributed by atoms with E-state index in [1.807, 2.05) is 12.3 Å². The van der Waals surface area contributed by atoms with Crippen LogP contribution < -0.4 is 11.1 Å². The number of carbonyl (C=O) groups excluding carboxylic acids is 1. The normalized spacial score (nSPS) is 12.4. The van der Waals surface area contributed by atoms with Gasteiger partial charge in [0.15, 0.2) is 0 Å². The number of nitrogens with two attached hydrogens (primary N) is 1. The number of aromatic nitrogens is 1. The fourth-order valence-electron chi connectivity index (χ4n) is 1.14. The summed E-state index contributed by atoms with van der Waals surface area (Å²) in [6, 6.07) is -0.0233. The lowest BCUT2D eigenvalue weighted by Gasteiger charge is -2.08. The van der Waals surface area contributed by atoms with E-state index in [0.717, 1.165) is 17.8 Å². The van der Waals surface area contributed by atoms with Crippen molar-refractivity contribution in [2.75, 3.05) is 6.54 Å². The van der Waals surface area contributed by atoms with Crippen molar-refractivity contribution >= 4 is 17.2 Å². The summed E-state index contributed by atoms with van der Waals surface area (Å²) in [6.07, 6.45) is 3.81. The summed E-state index contributed by atoms with van der Waals surface area (Å²) in [7, 11) is 0. The number of hydrogen-bond acceptors (Lipinski definition) is 4. The Morgan fingerprint density at radius 3 is 3.13 bits per heavy atom. The summed E-state index contributed by atoms with van der Waals surface area (Å²) >= 11 is 1.61. The summed E-state index contributed by atoms with van der Waals surface area (Å²) in [5.41, 5.74) is 5.67. The molecule has 1 rings (SSSR count). The van der Waals surface area contributed by atoms with Gasteiger partial charge < -0.3 is 11.1 Å². The van der Waals surface area contributed by atoms with E-state index >= 15 is 0 Å². The molecule has 0 spiro atoms. The molecule has 0 aliphatic carbocycles. The Hall–Kier alpha value is -0.940. The molecule has 15 heavy (non-hydrogen) atoms. The minimum absolute atomic E-state index is 0.0233. The number of rotatable bonds is 6. The van der Waals surface area contributed by atoms with Gasteiger partial charge in [0.1, 0.15) is 0 Å². The standard InChI is InChI=1S/C10H17N3OS/c1-2-8(11)7-9(14)12-4-3-10-13-5-6-15-10/h5-6,8H,2-4,7,11H2,1H3,(H,12,14). The minimum Gasteiger partial charge on any atom is -0.356 e. The third kappa shape index (κ3) is 4.90. The third-order valence-electron chi connectivity index (χ3n) is 2.12. The van der Waals surface area contributed by atoms with Gasteiger partial charge in [0.25, 0.3) is 0 Å². The van der Waals surface area contributed by atoms with Gasteiger partial charge >= 0.3 is 0 Å². The van der Waals surface area contributed by atoms with Crippen LogP contribution in [-0.2, 0) is 11.2 Å². The Balaban J connectivity index is 2.12. The zero-order chi connectivity index (χ0) is 11.1. The van der Waals surface area contributed by atoms with Crippen LogP contribution in [0.3, 0.4) is 0 Å². The van der Waals surface area contributed by atoms with E-state index in [0.29, 0.717) is 13.0 Å². The van der Waals surface area contributed by atoms with E-state index < -0.39 is 0 Å². The molecule has 5 heteroatoms. The van der Waals surface area contributed by atoms with Crippen LogP contribution in [0.15, 0.2) is 11.6 Å². The van der Waals surface area contributed by atoms with Crippen LogP contribution in [0.4, 0.5) is 0 Å². The molecule has 0 saturated carbocycles. The van der Waals surface area contributed by atoms with Crippen LogP contribution >= 0.6 is 11.3 Å². The van der Waals surface area contributed by atoms with Crippen LogP contribution in [0.1, 0.15) is 24.8 Å². The highest BCUT2D eigenvalue weighted by Gasteiger charge is 2.06. The third-order valence-corrected chi connectivity index (χ3v) is 2.96.